The fourth-order valence-electron chi connectivity index (χ4n) is 6.04. The summed E-state index contributed by atoms with van der Waals surface area (Å²) in [6.07, 6.45) is 39.0. The van der Waals surface area contributed by atoms with Crippen molar-refractivity contribution >= 4 is 17.9 Å². The van der Waals surface area contributed by atoms with E-state index in [2.05, 4.69) is 50.3 Å². The number of hydrogen-bond acceptors (Lipinski definition) is 7. The fraction of sp³-hybridized carbons (Fsp3) is 0.795. The van der Waals surface area contributed by atoms with Gasteiger partial charge in [0.05, 0.1) is 40.3 Å². The van der Waals surface area contributed by atoms with Crippen molar-refractivity contribution in [1.82, 2.24) is 0 Å². The molecule has 0 rings (SSSR count). The Hall–Kier alpha value is -2.45. The van der Waals surface area contributed by atoms with Crippen LogP contribution in [0.15, 0.2) is 36.5 Å². The number of likely N-dealkylation sites (N-methyl/N-ethyl adjacent to an activating group) is 1. The van der Waals surface area contributed by atoms with Crippen molar-refractivity contribution in [3.63, 3.8) is 0 Å². The number of carboxylic acids is 1. The van der Waals surface area contributed by atoms with Gasteiger partial charge in [-0.15, -0.1) is 0 Å². The van der Waals surface area contributed by atoms with Gasteiger partial charge in [-0.1, -0.05) is 153 Å². The molecule has 0 aromatic carbocycles. The van der Waals surface area contributed by atoms with Crippen LogP contribution in [0.4, 0.5) is 0 Å². The highest BCUT2D eigenvalue weighted by Crippen LogP contribution is 2.15. The van der Waals surface area contributed by atoms with E-state index in [1.54, 1.807) is 21.1 Å². The second-order valence-electron chi connectivity index (χ2n) is 15.2. The van der Waals surface area contributed by atoms with Gasteiger partial charge < -0.3 is 28.6 Å². The lowest BCUT2D eigenvalue weighted by molar-refractivity contribution is -0.889. The van der Waals surface area contributed by atoms with Gasteiger partial charge in [0, 0.05) is 19.3 Å². The lowest BCUT2D eigenvalue weighted by atomic mass is 10.0. The quantitative estimate of drug-likeness (QED) is 0.0271. The lowest BCUT2D eigenvalue weighted by Crippen LogP contribution is -2.55. The van der Waals surface area contributed by atoms with E-state index >= 15 is 0 Å². The van der Waals surface area contributed by atoms with Crippen LogP contribution in [0.1, 0.15) is 174 Å². The fourth-order valence-corrected chi connectivity index (χ4v) is 6.04. The topological polar surface area (TPSA) is 102 Å². The number of nitrogens with zero attached hydrogens (tertiary/aromatic N) is 1. The minimum Gasteiger partial charge on any atom is -0.544 e. The highest BCUT2D eigenvalue weighted by Gasteiger charge is 2.25. The molecule has 0 bridgehead atoms. The van der Waals surface area contributed by atoms with Crippen molar-refractivity contribution < 1.29 is 38.2 Å². The number of carbonyl (C=O) groups excluding carboxylic acids is 3. The predicted molar refractivity (Wildman–Crippen MR) is 213 cm³/mol. The van der Waals surface area contributed by atoms with Crippen LogP contribution >= 0.6 is 0 Å². The van der Waals surface area contributed by atoms with Crippen molar-refractivity contribution in [1.29, 1.82) is 0 Å². The molecule has 0 fully saturated rings. The zero-order valence-electron chi connectivity index (χ0n) is 34.2. The maximum absolute atomic E-state index is 12.6. The average Bonchev–Trinajstić information content (AvgIpc) is 3.09. The molecule has 0 aliphatic carbocycles. The summed E-state index contributed by atoms with van der Waals surface area (Å²) >= 11 is 0. The van der Waals surface area contributed by atoms with Crippen molar-refractivity contribution in [2.24, 2.45) is 0 Å². The van der Waals surface area contributed by atoms with Gasteiger partial charge >= 0.3 is 11.9 Å². The van der Waals surface area contributed by atoms with Gasteiger partial charge in [0.15, 0.2) is 6.10 Å². The van der Waals surface area contributed by atoms with Crippen LogP contribution in [0.2, 0.25) is 0 Å². The van der Waals surface area contributed by atoms with Gasteiger partial charge in [-0.25, -0.2) is 0 Å². The number of ether oxygens (including phenoxy) is 3. The highest BCUT2D eigenvalue weighted by atomic mass is 16.6. The van der Waals surface area contributed by atoms with Gasteiger partial charge in [-0.3, -0.25) is 9.59 Å². The molecule has 0 heterocycles. The molecule has 0 aliphatic rings. The third kappa shape index (κ3) is 33.4. The molecule has 2 atom stereocenters. The Labute approximate surface area is 319 Å². The summed E-state index contributed by atoms with van der Waals surface area (Å²) in [6, 6.07) is -0.732. The van der Waals surface area contributed by atoms with Crippen LogP contribution < -0.4 is 5.11 Å². The van der Waals surface area contributed by atoms with Gasteiger partial charge in [-0.05, 0) is 38.5 Å². The summed E-state index contributed by atoms with van der Waals surface area (Å²) in [5, 5.41) is 11.6. The number of esters is 2. The molecule has 8 nitrogen and oxygen atoms in total. The van der Waals surface area contributed by atoms with E-state index in [1.165, 1.54) is 89.9 Å². The monoisotopic (exact) mass is 734 g/mol. The smallest absolute Gasteiger partial charge is 0.306 e. The average molecular weight is 734 g/mol. The molecule has 8 heteroatoms. The first-order valence-electron chi connectivity index (χ1n) is 21.0. The normalized spacial score (nSPS) is 13.3. The summed E-state index contributed by atoms with van der Waals surface area (Å²) in [4.78, 5) is 36.7. The van der Waals surface area contributed by atoms with Crippen LogP contribution in [0.5, 0.6) is 0 Å². The van der Waals surface area contributed by atoms with Crippen LogP contribution in [-0.2, 0) is 28.6 Å². The molecule has 0 aromatic heterocycles. The van der Waals surface area contributed by atoms with E-state index < -0.39 is 18.1 Å². The first kappa shape index (κ1) is 49.6. The van der Waals surface area contributed by atoms with Crippen molar-refractivity contribution in [2.45, 2.75) is 187 Å². The van der Waals surface area contributed by atoms with E-state index in [9.17, 15) is 19.5 Å². The molecule has 0 N–H and O–H groups in total. The molecule has 52 heavy (non-hydrogen) atoms. The Morgan fingerprint density at radius 1 is 0.596 bits per heavy atom. The zero-order chi connectivity index (χ0) is 38.5. The van der Waals surface area contributed by atoms with Crippen LogP contribution in [0, 0.1) is 0 Å². The number of hydrogen-bond donors (Lipinski definition) is 0. The summed E-state index contributed by atoms with van der Waals surface area (Å²) in [6.45, 7) is 4.49. The molecule has 0 spiro atoms. The Morgan fingerprint density at radius 3 is 1.58 bits per heavy atom. The Balaban J connectivity index is 4.35. The van der Waals surface area contributed by atoms with E-state index in [0.29, 0.717) is 12.8 Å². The molecular weight excluding hydrogens is 654 g/mol. The Bertz CT molecular complexity index is 953. The summed E-state index contributed by atoms with van der Waals surface area (Å²) in [5.74, 6) is -1.80. The maximum atomic E-state index is 12.6. The SMILES string of the molecule is CC/C=C/C/C=C/C/C=C/CCCC(=O)OC(COCCC(C(=O)[O-])[N+](C)(C)C)COC(=O)CCCCCCCCCCCCCCCCCCC. The number of aliphatic carboxylic acids is 1. The van der Waals surface area contributed by atoms with Gasteiger partial charge in [0.1, 0.15) is 12.6 Å². The number of quaternary nitrogens is 1. The number of unbranched alkanes of at least 4 members (excludes halogenated alkanes) is 17. The molecule has 0 saturated heterocycles. The second-order valence-corrected chi connectivity index (χ2v) is 15.2. The predicted octanol–water partition coefficient (Wildman–Crippen LogP) is 9.74. The molecule has 0 amide bonds. The number of allylic oxidation sites excluding steroid dienone is 6. The minimum atomic E-state index is -1.13. The Kier molecular flexibility index (Phi) is 33.9. The van der Waals surface area contributed by atoms with E-state index in [1.807, 2.05) is 0 Å². The van der Waals surface area contributed by atoms with E-state index in [0.717, 1.165) is 44.9 Å². The zero-order valence-corrected chi connectivity index (χ0v) is 34.2. The molecule has 0 aromatic rings. The summed E-state index contributed by atoms with van der Waals surface area (Å²) < 4.78 is 17.1. The van der Waals surface area contributed by atoms with Crippen molar-refractivity contribution in [3.05, 3.63) is 36.5 Å². The molecule has 302 valence electrons. The van der Waals surface area contributed by atoms with Gasteiger partial charge in [0.2, 0.25) is 0 Å². The standard InChI is InChI=1S/C44H79NO7/c1-6-8-10-12-14-16-18-19-20-21-22-23-25-26-28-30-32-34-42(46)51-39-40(38-50-37-36-41(44(48)49)45(3,4)5)52-43(47)35-33-31-29-27-24-17-15-13-11-9-7-2/h9,11,15,17,27,29,40-41H,6-8,10,12-14,16,18-26,28,30-39H2,1-5H3/b11-9+,17-15+,29-27+. The second kappa shape index (κ2) is 35.6. The third-order valence-electron chi connectivity index (χ3n) is 9.29. The van der Waals surface area contributed by atoms with Crippen molar-refractivity contribution in [3.8, 4) is 0 Å². The minimum absolute atomic E-state index is 0.0226. The first-order chi connectivity index (χ1) is 25.1. The van der Waals surface area contributed by atoms with E-state index in [-0.39, 0.29) is 49.1 Å². The number of carboxylic acid groups (broad SMARTS) is 1. The number of rotatable bonds is 37. The van der Waals surface area contributed by atoms with Gasteiger partial charge in [0.25, 0.3) is 0 Å². The Morgan fingerprint density at radius 2 is 1.08 bits per heavy atom. The van der Waals surface area contributed by atoms with Crippen molar-refractivity contribution in [2.75, 3.05) is 41.0 Å². The third-order valence-corrected chi connectivity index (χ3v) is 9.29. The first-order valence-corrected chi connectivity index (χ1v) is 21.0. The highest BCUT2D eigenvalue weighted by molar-refractivity contribution is 5.70. The number of carbonyl (C=O) groups is 3. The lowest BCUT2D eigenvalue weighted by Gasteiger charge is -2.34. The molecule has 0 aliphatic heterocycles. The summed E-state index contributed by atoms with van der Waals surface area (Å²) in [7, 11) is 5.38. The van der Waals surface area contributed by atoms with Crippen LogP contribution in [-0.4, -0.2) is 75.5 Å². The largest absolute Gasteiger partial charge is 0.544 e. The molecule has 2 unspecified atom stereocenters. The summed E-state index contributed by atoms with van der Waals surface area (Å²) in [5.41, 5.74) is 0. The van der Waals surface area contributed by atoms with E-state index in [4.69, 9.17) is 14.2 Å². The molecular formula is C44H79NO7. The van der Waals surface area contributed by atoms with Crippen LogP contribution in [0.3, 0.4) is 0 Å². The maximum Gasteiger partial charge on any atom is 0.306 e. The molecule has 0 saturated carbocycles. The van der Waals surface area contributed by atoms with Gasteiger partial charge in [-0.2, -0.15) is 0 Å². The molecule has 0 radical (unpaired) electrons. The van der Waals surface area contributed by atoms with Crippen LogP contribution in [0.25, 0.3) is 0 Å².